The number of allylic oxidation sites excluding steroid dienone is 2. The third-order valence-corrected chi connectivity index (χ3v) is 2.86. The molecule has 0 aromatic rings. The van der Waals surface area contributed by atoms with Crippen LogP contribution in [0.1, 0.15) is 26.7 Å². The van der Waals surface area contributed by atoms with Crippen molar-refractivity contribution in [1.82, 2.24) is 0 Å². The van der Waals surface area contributed by atoms with Gasteiger partial charge in [0.2, 0.25) is 0 Å². The largest absolute Gasteiger partial charge is 0.314 e. The number of rotatable bonds is 4. The predicted molar refractivity (Wildman–Crippen MR) is 53.6 cm³/mol. The van der Waals surface area contributed by atoms with Gasteiger partial charge in [0, 0.05) is 6.42 Å². The number of ketones is 1. The molecule has 84 valence electrons. The van der Waals surface area contributed by atoms with Crippen LogP contribution >= 0.6 is 0 Å². The Kier molecular flexibility index (Phi) is 3.82. The molecule has 2 atom stereocenters. The van der Waals surface area contributed by atoms with Gasteiger partial charge in [-0.25, -0.2) is 0 Å². The molecular weight excluding hydrogens is 198 g/mol. The van der Waals surface area contributed by atoms with E-state index in [2.05, 4.69) is 4.84 Å². The van der Waals surface area contributed by atoms with Crippen molar-refractivity contribution in [1.29, 1.82) is 0 Å². The van der Waals surface area contributed by atoms with Crippen LogP contribution < -0.4 is 0 Å². The monoisotopic (exact) mass is 213 g/mol. The molecule has 5 nitrogen and oxygen atoms in total. The first-order chi connectivity index (χ1) is 7.00. The van der Waals surface area contributed by atoms with Gasteiger partial charge in [0.05, 0.1) is 6.61 Å². The van der Waals surface area contributed by atoms with Gasteiger partial charge in [-0.2, -0.15) is 0 Å². The normalized spacial score (nSPS) is 23.2. The SMILES string of the molecule is CC1=CC[C@H](C(C)CO[N+](=O)[O-])CC1=O. The van der Waals surface area contributed by atoms with Crippen molar-refractivity contribution < 1.29 is 14.7 Å². The van der Waals surface area contributed by atoms with Crippen molar-refractivity contribution in [2.45, 2.75) is 26.7 Å². The third-order valence-electron chi connectivity index (χ3n) is 2.86. The highest BCUT2D eigenvalue weighted by Crippen LogP contribution is 2.27. The minimum Gasteiger partial charge on any atom is -0.314 e. The maximum Gasteiger partial charge on any atom is 0.294 e. The summed E-state index contributed by atoms with van der Waals surface area (Å²) in [7, 11) is 0. The van der Waals surface area contributed by atoms with E-state index in [1.807, 2.05) is 13.0 Å². The van der Waals surface area contributed by atoms with E-state index < -0.39 is 5.09 Å². The highest BCUT2D eigenvalue weighted by atomic mass is 16.9. The Morgan fingerprint density at radius 1 is 1.73 bits per heavy atom. The molecule has 0 aliphatic heterocycles. The van der Waals surface area contributed by atoms with Crippen molar-refractivity contribution in [3.63, 3.8) is 0 Å². The van der Waals surface area contributed by atoms with Gasteiger partial charge in [-0.3, -0.25) is 4.79 Å². The minimum atomic E-state index is -0.789. The molecule has 0 spiro atoms. The molecule has 0 aromatic carbocycles. The summed E-state index contributed by atoms with van der Waals surface area (Å²) in [5, 5.41) is 9.22. The number of nitrogens with zero attached hydrogens (tertiary/aromatic N) is 1. The van der Waals surface area contributed by atoms with Crippen LogP contribution in [-0.2, 0) is 9.63 Å². The first-order valence-corrected chi connectivity index (χ1v) is 4.98. The molecule has 0 heterocycles. The molecular formula is C10H15NO4. The van der Waals surface area contributed by atoms with Gasteiger partial charge >= 0.3 is 0 Å². The zero-order valence-electron chi connectivity index (χ0n) is 8.93. The lowest BCUT2D eigenvalue weighted by atomic mass is 9.81. The van der Waals surface area contributed by atoms with Crippen LogP contribution in [0.5, 0.6) is 0 Å². The van der Waals surface area contributed by atoms with Crippen molar-refractivity contribution in [2.75, 3.05) is 6.61 Å². The standard InChI is InChI=1S/C10H15NO4/c1-7-3-4-9(5-10(7)12)8(2)6-15-11(13)14/h3,8-9H,4-6H2,1-2H3/t8?,9-/m0/s1. The molecule has 0 aromatic heterocycles. The van der Waals surface area contributed by atoms with E-state index in [-0.39, 0.29) is 24.2 Å². The van der Waals surface area contributed by atoms with Crippen LogP contribution in [0.25, 0.3) is 0 Å². The number of carbonyl (C=O) groups excluding carboxylic acids is 1. The van der Waals surface area contributed by atoms with Crippen molar-refractivity contribution in [3.8, 4) is 0 Å². The molecule has 0 fully saturated rings. The molecule has 0 bridgehead atoms. The first kappa shape index (κ1) is 11.7. The highest BCUT2D eigenvalue weighted by molar-refractivity contribution is 5.95. The lowest BCUT2D eigenvalue weighted by molar-refractivity contribution is -0.759. The summed E-state index contributed by atoms with van der Waals surface area (Å²) >= 11 is 0. The second-order valence-electron chi connectivity index (χ2n) is 4.01. The lowest BCUT2D eigenvalue weighted by Crippen LogP contribution is -2.24. The summed E-state index contributed by atoms with van der Waals surface area (Å²) in [6.07, 6.45) is 3.18. The summed E-state index contributed by atoms with van der Waals surface area (Å²) in [6, 6.07) is 0. The van der Waals surface area contributed by atoms with Gasteiger partial charge in [-0.1, -0.05) is 13.0 Å². The van der Waals surface area contributed by atoms with Crippen LogP contribution in [-0.4, -0.2) is 17.5 Å². The lowest BCUT2D eigenvalue weighted by Gasteiger charge is -2.24. The highest BCUT2D eigenvalue weighted by Gasteiger charge is 2.24. The van der Waals surface area contributed by atoms with Crippen LogP contribution in [0.4, 0.5) is 0 Å². The number of hydrogen-bond donors (Lipinski definition) is 0. The van der Waals surface area contributed by atoms with Crippen molar-refractivity contribution in [3.05, 3.63) is 21.8 Å². The van der Waals surface area contributed by atoms with E-state index >= 15 is 0 Å². The Morgan fingerprint density at radius 2 is 2.40 bits per heavy atom. The van der Waals surface area contributed by atoms with Gasteiger partial charge in [-0.05, 0) is 30.8 Å². The molecule has 0 saturated heterocycles. The number of carbonyl (C=O) groups is 1. The Hall–Kier alpha value is -1.39. The Bertz CT molecular complexity index is 298. The van der Waals surface area contributed by atoms with Gasteiger partial charge < -0.3 is 4.84 Å². The zero-order chi connectivity index (χ0) is 11.4. The quantitative estimate of drug-likeness (QED) is 0.527. The van der Waals surface area contributed by atoms with Gasteiger partial charge in [0.1, 0.15) is 0 Å². The van der Waals surface area contributed by atoms with Crippen LogP contribution in [0.15, 0.2) is 11.6 Å². The minimum absolute atomic E-state index is 0.0312. The zero-order valence-corrected chi connectivity index (χ0v) is 8.93. The van der Waals surface area contributed by atoms with E-state index in [0.29, 0.717) is 6.42 Å². The van der Waals surface area contributed by atoms with E-state index in [1.165, 1.54) is 0 Å². The molecule has 5 heteroatoms. The fraction of sp³-hybridized carbons (Fsp3) is 0.700. The number of Topliss-reactive ketones (excluding diaryl/α,β-unsaturated/α-hetero) is 1. The maximum atomic E-state index is 11.4. The van der Waals surface area contributed by atoms with Crippen LogP contribution in [0.2, 0.25) is 0 Å². The van der Waals surface area contributed by atoms with Crippen molar-refractivity contribution >= 4 is 5.78 Å². The van der Waals surface area contributed by atoms with Gasteiger partial charge in [0.15, 0.2) is 5.78 Å². The average Bonchev–Trinajstić information content (AvgIpc) is 2.18. The summed E-state index contributed by atoms with van der Waals surface area (Å²) in [4.78, 5) is 25.7. The fourth-order valence-electron chi connectivity index (χ4n) is 1.67. The molecule has 1 unspecified atom stereocenters. The Labute approximate surface area is 88.2 Å². The Morgan fingerprint density at radius 3 is 2.93 bits per heavy atom. The third kappa shape index (κ3) is 3.34. The molecule has 0 amide bonds. The van der Waals surface area contributed by atoms with Crippen LogP contribution in [0, 0.1) is 22.0 Å². The van der Waals surface area contributed by atoms with Crippen molar-refractivity contribution in [2.24, 2.45) is 11.8 Å². The smallest absolute Gasteiger partial charge is 0.294 e. The number of hydrogen-bond acceptors (Lipinski definition) is 4. The van der Waals surface area contributed by atoms with E-state index in [0.717, 1.165) is 12.0 Å². The molecule has 1 aliphatic rings. The summed E-state index contributed by atoms with van der Waals surface area (Å²) < 4.78 is 0. The van der Waals surface area contributed by atoms with E-state index in [4.69, 9.17) is 0 Å². The van der Waals surface area contributed by atoms with Gasteiger partial charge in [-0.15, -0.1) is 10.1 Å². The molecule has 1 aliphatic carbocycles. The summed E-state index contributed by atoms with van der Waals surface area (Å²) in [6.45, 7) is 3.74. The topological polar surface area (TPSA) is 69.4 Å². The molecule has 0 saturated carbocycles. The molecule has 1 rings (SSSR count). The summed E-state index contributed by atoms with van der Waals surface area (Å²) in [5.74, 6) is 0.337. The fourth-order valence-corrected chi connectivity index (χ4v) is 1.67. The van der Waals surface area contributed by atoms with E-state index in [1.54, 1.807) is 6.92 Å². The van der Waals surface area contributed by atoms with E-state index in [9.17, 15) is 14.9 Å². The van der Waals surface area contributed by atoms with Gasteiger partial charge in [0.25, 0.3) is 5.09 Å². The second kappa shape index (κ2) is 4.91. The predicted octanol–water partition coefficient (Wildman–Crippen LogP) is 1.76. The average molecular weight is 213 g/mol. The summed E-state index contributed by atoms with van der Waals surface area (Å²) in [5.41, 5.74) is 0.800. The molecule has 0 radical (unpaired) electrons. The molecule has 15 heavy (non-hydrogen) atoms. The van der Waals surface area contributed by atoms with Crippen LogP contribution in [0.3, 0.4) is 0 Å². The maximum absolute atomic E-state index is 11.4. The second-order valence-corrected chi connectivity index (χ2v) is 4.01. The Balaban J connectivity index is 2.45. The molecule has 0 N–H and O–H groups in total. The first-order valence-electron chi connectivity index (χ1n) is 4.98.